The highest BCUT2D eigenvalue weighted by Gasteiger charge is 2.28. The van der Waals surface area contributed by atoms with Crippen molar-refractivity contribution in [2.75, 3.05) is 16.0 Å². The zero-order valence-corrected chi connectivity index (χ0v) is 20.7. The molecule has 36 heavy (non-hydrogen) atoms. The molecule has 1 aliphatic rings. The first kappa shape index (κ1) is 23.5. The highest BCUT2D eigenvalue weighted by atomic mass is 32.1. The molecule has 0 radical (unpaired) electrons. The van der Waals surface area contributed by atoms with Gasteiger partial charge in [0.1, 0.15) is 29.5 Å². The third-order valence-electron chi connectivity index (χ3n) is 5.62. The standard InChI is InChI=1S/C23H24N10O2S/c1-12(2)33-11-26-32-21(33)16-5-4-6-18(27-16)29-22(35)31-23-30-20-17(36-23)8-7-15(28-20)19(34)14-9-24-13(3)25-10-14/h4-6,9-12,15,28H,7-8H2,1-3H3,(H2,27,29,30,31,35). The number of pyridine rings is 1. The van der Waals surface area contributed by atoms with Gasteiger partial charge in [-0.3, -0.25) is 15.4 Å². The van der Waals surface area contributed by atoms with E-state index in [1.807, 2.05) is 24.5 Å². The lowest BCUT2D eigenvalue weighted by atomic mass is 9.99. The van der Waals surface area contributed by atoms with Crippen LogP contribution in [0.3, 0.4) is 0 Å². The number of thiazole rings is 1. The number of Topliss-reactive ketones (excluding diaryl/α,β-unsaturated/α-hetero) is 1. The molecule has 184 valence electrons. The maximum absolute atomic E-state index is 12.8. The second-order valence-electron chi connectivity index (χ2n) is 8.55. The van der Waals surface area contributed by atoms with E-state index in [0.717, 1.165) is 4.88 Å². The van der Waals surface area contributed by atoms with Gasteiger partial charge in [0.25, 0.3) is 0 Å². The average Bonchev–Trinajstić information content (AvgIpc) is 3.51. The first-order valence-corrected chi connectivity index (χ1v) is 12.2. The third-order valence-corrected chi connectivity index (χ3v) is 6.65. The Balaban J connectivity index is 1.23. The summed E-state index contributed by atoms with van der Waals surface area (Å²) in [7, 11) is 0. The van der Waals surface area contributed by atoms with Gasteiger partial charge in [-0.2, -0.15) is 0 Å². The van der Waals surface area contributed by atoms with E-state index in [0.29, 0.717) is 52.5 Å². The Labute approximate surface area is 210 Å². The Hall–Kier alpha value is -4.26. The fraction of sp³-hybridized carbons (Fsp3) is 0.304. The summed E-state index contributed by atoms with van der Waals surface area (Å²) in [5.74, 6) is 2.11. The van der Waals surface area contributed by atoms with Crippen LogP contribution in [0.25, 0.3) is 11.5 Å². The minimum Gasteiger partial charge on any atom is -0.359 e. The van der Waals surface area contributed by atoms with Gasteiger partial charge in [-0.15, -0.1) is 10.2 Å². The Morgan fingerprint density at radius 2 is 1.97 bits per heavy atom. The molecule has 12 nitrogen and oxygen atoms in total. The fourth-order valence-corrected chi connectivity index (χ4v) is 4.73. The van der Waals surface area contributed by atoms with Crippen LogP contribution in [0.15, 0.2) is 36.9 Å². The number of ketones is 1. The largest absolute Gasteiger partial charge is 0.359 e. The van der Waals surface area contributed by atoms with Gasteiger partial charge in [-0.05, 0) is 45.7 Å². The lowest BCUT2D eigenvalue weighted by Gasteiger charge is -2.22. The summed E-state index contributed by atoms with van der Waals surface area (Å²) in [6.07, 6.45) is 6.02. The average molecular weight is 505 g/mol. The molecule has 4 aromatic heterocycles. The number of hydrogen-bond donors (Lipinski definition) is 3. The van der Waals surface area contributed by atoms with Crippen molar-refractivity contribution < 1.29 is 9.59 Å². The number of anilines is 3. The number of nitrogens with zero attached hydrogens (tertiary/aromatic N) is 7. The molecule has 1 aliphatic heterocycles. The molecule has 0 saturated carbocycles. The number of amides is 2. The van der Waals surface area contributed by atoms with Crippen molar-refractivity contribution in [3.63, 3.8) is 0 Å². The smallest absolute Gasteiger partial charge is 0.326 e. The second-order valence-corrected chi connectivity index (χ2v) is 9.64. The Bertz CT molecular complexity index is 1410. The molecule has 5 rings (SSSR count). The van der Waals surface area contributed by atoms with Crippen LogP contribution in [0.4, 0.5) is 21.6 Å². The van der Waals surface area contributed by atoms with Crippen molar-refractivity contribution in [3.05, 3.63) is 53.2 Å². The molecule has 1 unspecified atom stereocenters. The van der Waals surface area contributed by atoms with Crippen LogP contribution in [-0.2, 0) is 6.42 Å². The number of aryl methyl sites for hydroxylation is 2. The van der Waals surface area contributed by atoms with E-state index in [1.165, 1.54) is 23.7 Å². The Morgan fingerprint density at radius 1 is 1.17 bits per heavy atom. The number of urea groups is 1. The van der Waals surface area contributed by atoms with Crippen LogP contribution < -0.4 is 16.0 Å². The highest BCUT2D eigenvalue weighted by molar-refractivity contribution is 7.16. The first-order chi connectivity index (χ1) is 17.4. The molecule has 5 heterocycles. The highest BCUT2D eigenvalue weighted by Crippen LogP contribution is 2.33. The molecule has 1 atom stereocenters. The van der Waals surface area contributed by atoms with E-state index < -0.39 is 12.1 Å². The maximum Gasteiger partial charge on any atom is 0.326 e. The van der Waals surface area contributed by atoms with Crippen molar-refractivity contribution in [2.24, 2.45) is 0 Å². The van der Waals surface area contributed by atoms with Crippen LogP contribution in [0.2, 0.25) is 0 Å². The summed E-state index contributed by atoms with van der Waals surface area (Å²) in [6, 6.07) is 4.57. The number of nitrogens with one attached hydrogen (secondary N) is 3. The molecular weight excluding hydrogens is 480 g/mol. The predicted molar refractivity (Wildman–Crippen MR) is 135 cm³/mol. The molecule has 0 aromatic carbocycles. The van der Waals surface area contributed by atoms with Gasteiger partial charge in [0.05, 0.1) is 16.5 Å². The normalized spacial score (nSPS) is 14.7. The number of fused-ring (bicyclic) bond motifs is 1. The SMILES string of the molecule is Cc1ncc(C(=O)C2CCc3sc(NC(=O)Nc4cccc(-c5nncn5C(C)C)n4)nc3N2)cn1. The van der Waals surface area contributed by atoms with Crippen molar-refractivity contribution >= 4 is 39.9 Å². The van der Waals surface area contributed by atoms with Crippen molar-refractivity contribution in [3.8, 4) is 11.5 Å². The van der Waals surface area contributed by atoms with Crippen LogP contribution in [0.1, 0.15) is 47.4 Å². The first-order valence-electron chi connectivity index (χ1n) is 11.4. The lowest BCUT2D eigenvalue weighted by Crippen LogP contribution is -2.33. The lowest BCUT2D eigenvalue weighted by molar-refractivity contribution is 0.0963. The van der Waals surface area contributed by atoms with E-state index in [2.05, 4.69) is 46.1 Å². The molecule has 0 saturated heterocycles. The van der Waals surface area contributed by atoms with Gasteiger partial charge in [0, 0.05) is 18.4 Å². The number of aromatic nitrogens is 7. The van der Waals surface area contributed by atoms with Crippen LogP contribution in [-0.4, -0.2) is 52.6 Å². The quantitative estimate of drug-likeness (QED) is 0.333. The summed E-state index contributed by atoms with van der Waals surface area (Å²) in [5.41, 5.74) is 1.05. The van der Waals surface area contributed by atoms with E-state index in [9.17, 15) is 9.59 Å². The number of rotatable bonds is 6. The van der Waals surface area contributed by atoms with Gasteiger partial charge in [-0.25, -0.2) is 24.7 Å². The predicted octanol–water partition coefficient (Wildman–Crippen LogP) is 3.73. The van der Waals surface area contributed by atoms with Crippen molar-refractivity contribution in [1.29, 1.82) is 0 Å². The van der Waals surface area contributed by atoms with Gasteiger partial charge < -0.3 is 9.88 Å². The molecule has 4 aromatic rings. The number of carbonyl (C=O) groups excluding carboxylic acids is 2. The van der Waals surface area contributed by atoms with Gasteiger partial charge in [-0.1, -0.05) is 17.4 Å². The van der Waals surface area contributed by atoms with Crippen molar-refractivity contribution in [2.45, 2.75) is 45.7 Å². The van der Waals surface area contributed by atoms with Crippen LogP contribution >= 0.6 is 11.3 Å². The fourth-order valence-electron chi connectivity index (χ4n) is 3.80. The monoisotopic (exact) mass is 504 g/mol. The van der Waals surface area contributed by atoms with Gasteiger partial charge in [0.2, 0.25) is 0 Å². The van der Waals surface area contributed by atoms with Crippen LogP contribution in [0.5, 0.6) is 0 Å². The summed E-state index contributed by atoms with van der Waals surface area (Å²) in [6.45, 7) is 5.83. The molecule has 0 spiro atoms. The minimum absolute atomic E-state index is 0.0832. The molecule has 3 N–H and O–H groups in total. The summed E-state index contributed by atoms with van der Waals surface area (Å²) in [5, 5.41) is 17.2. The van der Waals surface area contributed by atoms with E-state index >= 15 is 0 Å². The second kappa shape index (κ2) is 9.77. The molecule has 0 fully saturated rings. The van der Waals surface area contributed by atoms with Gasteiger partial charge in [0.15, 0.2) is 16.7 Å². The topological polar surface area (TPSA) is 152 Å². The Kier molecular flexibility index (Phi) is 6.38. The zero-order chi connectivity index (χ0) is 25.2. The molecule has 0 bridgehead atoms. The van der Waals surface area contributed by atoms with Gasteiger partial charge >= 0.3 is 6.03 Å². The molecule has 2 amide bonds. The Morgan fingerprint density at radius 3 is 2.75 bits per heavy atom. The van der Waals surface area contributed by atoms with Crippen LogP contribution in [0, 0.1) is 6.92 Å². The van der Waals surface area contributed by atoms with E-state index in [1.54, 1.807) is 25.4 Å². The van der Waals surface area contributed by atoms with E-state index in [-0.39, 0.29) is 11.8 Å². The third kappa shape index (κ3) is 4.91. The van der Waals surface area contributed by atoms with Crippen molar-refractivity contribution in [1.82, 2.24) is 34.7 Å². The molecular formula is C23H24N10O2S. The number of carbonyl (C=O) groups is 2. The van der Waals surface area contributed by atoms with E-state index in [4.69, 9.17) is 0 Å². The summed E-state index contributed by atoms with van der Waals surface area (Å²) < 4.78 is 1.91. The molecule has 0 aliphatic carbocycles. The number of hydrogen-bond acceptors (Lipinski definition) is 10. The molecule has 13 heteroatoms. The minimum atomic E-state index is -0.472. The zero-order valence-electron chi connectivity index (χ0n) is 19.9. The maximum atomic E-state index is 12.8. The summed E-state index contributed by atoms with van der Waals surface area (Å²) >= 11 is 1.37. The summed E-state index contributed by atoms with van der Waals surface area (Å²) in [4.78, 5) is 43.6.